The van der Waals surface area contributed by atoms with Crippen LogP contribution in [0.5, 0.6) is 0 Å². The molecule has 2 heterocycles. The number of nitrogens with one attached hydrogen (secondary N) is 1. The van der Waals surface area contributed by atoms with E-state index in [-0.39, 0.29) is 13.1 Å². The number of imidazole rings is 1. The number of hydrogen-bond acceptors (Lipinski definition) is 6. The fraction of sp³-hybridized carbons (Fsp3) is 0.385. The van der Waals surface area contributed by atoms with Gasteiger partial charge in [-0.15, -0.1) is 0 Å². The van der Waals surface area contributed by atoms with Gasteiger partial charge in [-0.05, 0) is 6.92 Å². The largest absolute Gasteiger partial charge is 0.483 e. The van der Waals surface area contributed by atoms with Crippen LogP contribution in [0, 0.1) is 6.92 Å². The molecule has 0 fully saturated rings. The summed E-state index contributed by atoms with van der Waals surface area (Å²) >= 11 is 0. The Hall–Kier alpha value is -2.32. The van der Waals surface area contributed by atoms with Gasteiger partial charge in [-0.1, -0.05) is 0 Å². The van der Waals surface area contributed by atoms with Gasteiger partial charge in [0.15, 0.2) is 0 Å². The minimum Gasteiger partial charge on any atom is -0.483 e. The summed E-state index contributed by atoms with van der Waals surface area (Å²) in [6.45, 7) is 3.68. The SMILES string of the molecule is Cc1ncc(CN(CCO)Cc2ncc[nH]2)cn1.O=CO. The molecule has 0 aliphatic heterocycles. The molecule has 0 aliphatic carbocycles. The van der Waals surface area contributed by atoms with Gasteiger partial charge in [0.1, 0.15) is 11.6 Å². The second-order valence-electron chi connectivity index (χ2n) is 4.21. The third kappa shape index (κ3) is 6.59. The first-order valence-corrected chi connectivity index (χ1v) is 6.36. The molecule has 114 valence electrons. The average molecular weight is 293 g/mol. The van der Waals surface area contributed by atoms with E-state index < -0.39 is 0 Å². The molecular formula is C13H19N5O3. The van der Waals surface area contributed by atoms with Crippen molar-refractivity contribution >= 4 is 6.47 Å². The van der Waals surface area contributed by atoms with Crippen LogP contribution in [0.25, 0.3) is 0 Å². The van der Waals surface area contributed by atoms with Crippen molar-refractivity contribution in [3.05, 3.63) is 42.0 Å². The topological polar surface area (TPSA) is 115 Å². The molecule has 8 heteroatoms. The van der Waals surface area contributed by atoms with Crippen LogP contribution in [0.3, 0.4) is 0 Å². The fourth-order valence-corrected chi connectivity index (χ4v) is 1.71. The van der Waals surface area contributed by atoms with E-state index >= 15 is 0 Å². The molecule has 0 atom stereocenters. The minimum atomic E-state index is -0.250. The molecule has 8 nitrogen and oxygen atoms in total. The molecular weight excluding hydrogens is 274 g/mol. The summed E-state index contributed by atoms with van der Waals surface area (Å²) < 4.78 is 0. The molecule has 0 unspecified atom stereocenters. The highest BCUT2D eigenvalue weighted by Gasteiger charge is 2.08. The van der Waals surface area contributed by atoms with Crippen LogP contribution < -0.4 is 0 Å². The van der Waals surface area contributed by atoms with Crippen molar-refractivity contribution in [2.24, 2.45) is 0 Å². The predicted molar refractivity (Wildman–Crippen MR) is 75.2 cm³/mol. The van der Waals surface area contributed by atoms with Gasteiger partial charge in [0.25, 0.3) is 6.47 Å². The second kappa shape index (κ2) is 9.56. The summed E-state index contributed by atoms with van der Waals surface area (Å²) in [5.41, 5.74) is 1.03. The number of hydrogen-bond donors (Lipinski definition) is 3. The number of aliphatic hydroxyl groups is 1. The van der Waals surface area contributed by atoms with Gasteiger partial charge < -0.3 is 15.2 Å². The highest BCUT2D eigenvalue weighted by molar-refractivity contribution is 5.32. The zero-order chi connectivity index (χ0) is 15.5. The lowest BCUT2D eigenvalue weighted by Crippen LogP contribution is -2.26. The Morgan fingerprint density at radius 3 is 2.48 bits per heavy atom. The van der Waals surface area contributed by atoms with Crippen LogP contribution >= 0.6 is 0 Å². The van der Waals surface area contributed by atoms with Crippen molar-refractivity contribution in [2.75, 3.05) is 13.2 Å². The maximum atomic E-state index is 9.08. The van der Waals surface area contributed by atoms with Gasteiger partial charge in [0, 0.05) is 43.4 Å². The first-order valence-electron chi connectivity index (χ1n) is 6.36. The molecule has 0 aliphatic rings. The smallest absolute Gasteiger partial charge is 0.290 e. The molecule has 0 radical (unpaired) electrons. The molecule has 3 N–H and O–H groups in total. The first kappa shape index (κ1) is 16.7. The van der Waals surface area contributed by atoms with Crippen molar-refractivity contribution in [3.8, 4) is 0 Å². The second-order valence-corrected chi connectivity index (χ2v) is 4.21. The molecule has 0 amide bonds. The summed E-state index contributed by atoms with van der Waals surface area (Å²) in [7, 11) is 0. The molecule has 2 rings (SSSR count). The van der Waals surface area contributed by atoms with E-state index in [1.807, 2.05) is 19.3 Å². The number of carbonyl (C=O) groups is 1. The standard InChI is InChI=1S/C12H17N5O.CH2O2/c1-10-15-6-11(7-16-10)8-17(4-5-18)9-12-13-2-3-14-12;2-1-3/h2-3,6-7,18H,4-5,8-9H2,1H3,(H,13,14);1H,(H,2,3). The predicted octanol–water partition coefficient (Wildman–Crippen LogP) is 0.203. The molecule has 0 saturated carbocycles. The van der Waals surface area contributed by atoms with Crippen molar-refractivity contribution < 1.29 is 15.0 Å². The number of rotatable bonds is 6. The minimum absolute atomic E-state index is 0.118. The Morgan fingerprint density at radius 2 is 1.95 bits per heavy atom. The third-order valence-electron chi connectivity index (χ3n) is 2.59. The van der Waals surface area contributed by atoms with E-state index in [9.17, 15) is 0 Å². The number of H-pyrrole nitrogens is 1. The normalized spacial score (nSPS) is 10.0. The van der Waals surface area contributed by atoms with Crippen molar-refractivity contribution in [3.63, 3.8) is 0 Å². The summed E-state index contributed by atoms with van der Waals surface area (Å²) in [5, 5.41) is 16.0. The number of aliphatic hydroxyl groups excluding tert-OH is 1. The van der Waals surface area contributed by atoms with E-state index in [1.54, 1.807) is 12.4 Å². The fourth-order valence-electron chi connectivity index (χ4n) is 1.71. The molecule has 0 aromatic carbocycles. The van der Waals surface area contributed by atoms with Gasteiger partial charge in [-0.25, -0.2) is 15.0 Å². The summed E-state index contributed by atoms with van der Waals surface area (Å²) in [5.74, 6) is 1.65. The van der Waals surface area contributed by atoms with E-state index in [4.69, 9.17) is 15.0 Å². The van der Waals surface area contributed by atoms with Gasteiger partial charge in [-0.3, -0.25) is 9.69 Å². The van der Waals surface area contributed by atoms with Gasteiger partial charge >= 0.3 is 0 Å². The van der Waals surface area contributed by atoms with Crippen LogP contribution in [0.2, 0.25) is 0 Å². The quantitative estimate of drug-likeness (QED) is 0.652. The van der Waals surface area contributed by atoms with E-state index in [2.05, 4.69) is 24.8 Å². The van der Waals surface area contributed by atoms with Gasteiger partial charge in [0.05, 0.1) is 13.2 Å². The maximum Gasteiger partial charge on any atom is 0.290 e. The number of nitrogens with zero attached hydrogens (tertiary/aromatic N) is 4. The summed E-state index contributed by atoms with van der Waals surface area (Å²) in [6.07, 6.45) is 7.15. The molecule has 21 heavy (non-hydrogen) atoms. The number of aromatic amines is 1. The molecule has 0 spiro atoms. The number of aryl methyl sites for hydroxylation is 1. The van der Waals surface area contributed by atoms with Crippen LogP contribution in [-0.2, 0) is 17.9 Å². The lowest BCUT2D eigenvalue weighted by atomic mass is 10.3. The third-order valence-corrected chi connectivity index (χ3v) is 2.59. The number of aromatic nitrogens is 4. The zero-order valence-electron chi connectivity index (χ0n) is 11.8. The summed E-state index contributed by atoms with van der Waals surface area (Å²) in [4.78, 5) is 26.0. The van der Waals surface area contributed by atoms with Gasteiger partial charge in [0.2, 0.25) is 0 Å². The lowest BCUT2D eigenvalue weighted by molar-refractivity contribution is -0.122. The van der Waals surface area contributed by atoms with Crippen LogP contribution in [0.15, 0.2) is 24.8 Å². The lowest BCUT2D eigenvalue weighted by Gasteiger charge is -2.19. The Kier molecular flexibility index (Phi) is 7.62. The number of carboxylic acid groups (broad SMARTS) is 1. The Labute approximate surface area is 122 Å². The first-order chi connectivity index (χ1) is 10.2. The molecule has 2 aromatic rings. The molecule has 0 bridgehead atoms. The summed E-state index contributed by atoms with van der Waals surface area (Å²) in [6, 6.07) is 0. The monoisotopic (exact) mass is 293 g/mol. The van der Waals surface area contributed by atoms with E-state index in [0.29, 0.717) is 19.6 Å². The highest BCUT2D eigenvalue weighted by atomic mass is 16.3. The molecule has 0 saturated heterocycles. The van der Waals surface area contributed by atoms with E-state index in [1.165, 1.54) is 0 Å². The molecule has 2 aromatic heterocycles. The van der Waals surface area contributed by atoms with Crippen molar-refractivity contribution in [1.29, 1.82) is 0 Å². The Bertz CT molecular complexity index is 501. The zero-order valence-corrected chi connectivity index (χ0v) is 11.8. The van der Waals surface area contributed by atoms with Crippen molar-refractivity contribution in [2.45, 2.75) is 20.0 Å². The Morgan fingerprint density at radius 1 is 1.29 bits per heavy atom. The average Bonchev–Trinajstić information content (AvgIpc) is 2.95. The van der Waals surface area contributed by atoms with Crippen molar-refractivity contribution in [1.82, 2.24) is 24.8 Å². The van der Waals surface area contributed by atoms with Gasteiger partial charge in [-0.2, -0.15) is 0 Å². The van der Waals surface area contributed by atoms with Crippen LogP contribution in [0.1, 0.15) is 17.2 Å². The van der Waals surface area contributed by atoms with Crippen LogP contribution in [-0.4, -0.2) is 54.7 Å². The van der Waals surface area contributed by atoms with E-state index in [0.717, 1.165) is 17.2 Å². The Balaban J connectivity index is 0.000000677. The maximum absolute atomic E-state index is 9.08. The highest BCUT2D eigenvalue weighted by Crippen LogP contribution is 2.05. The van der Waals surface area contributed by atoms with Crippen LogP contribution in [0.4, 0.5) is 0 Å².